The molecule has 25 heavy (non-hydrogen) atoms. The van der Waals surface area contributed by atoms with Crippen molar-refractivity contribution in [1.29, 1.82) is 0 Å². The molecule has 0 aliphatic heterocycles. The Morgan fingerprint density at radius 3 is 2.48 bits per heavy atom. The van der Waals surface area contributed by atoms with Crippen LogP contribution in [0.2, 0.25) is 0 Å². The molecule has 132 valence electrons. The van der Waals surface area contributed by atoms with Crippen LogP contribution in [0.25, 0.3) is 0 Å². The zero-order valence-corrected chi connectivity index (χ0v) is 16.2. The maximum atomic E-state index is 12.3. The van der Waals surface area contributed by atoms with E-state index in [2.05, 4.69) is 10.7 Å². The average molecular weight is 373 g/mol. The monoisotopic (exact) mass is 372 g/mol. The van der Waals surface area contributed by atoms with Crippen molar-refractivity contribution in [3.63, 3.8) is 0 Å². The molecule has 0 atom stereocenters. The van der Waals surface area contributed by atoms with Crippen LogP contribution in [0.15, 0.2) is 17.5 Å². The van der Waals surface area contributed by atoms with Gasteiger partial charge in [0.2, 0.25) is 0 Å². The first-order valence-electron chi connectivity index (χ1n) is 9.39. The van der Waals surface area contributed by atoms with Gasteiger partial charge < -0.3 is 0 Å². The number of hydrogen-bond acceptors (Lipinski definition) is 4. The SMILES string of the molecule is Cc1ccc(C(=O)Nc2nc(CC34CC5CC(CC(C5)C3)C4)cs2)s1. The third-order valence-corrected chi connectivity index (χ3v) is 8.26. The van der Waals surface area contributed by atoms with Gasteiger partial charge in [-0.25, -0.2) is 4.98 Å². The van der Waals surface area contributed by atoms with Crippen LogP contribution in [0.4, 0.5) is 5.13 Å². The molecular formula is C20H24N2OS2. The summed E-state index contributed by atoms with van der Waals surface area (Å²) in [5.41, 5.74) is 1.69. The molecule has 3 nitrogen and oxygen atoms in total. The van der Waals surface area contributed by atoms with E-state index in [4.69, 9.17) is 4.98 Å². The Hall–Kier alpha value is -1.20. The van der Waals surface area contributed by atoms with Gasteiger partial charge in [-0.2, -0.15) is 0 Å². The molecule has 6 rings (SSSR count). The van der Waals surface area contributed by atoms with Gasteiger partial charge in [-0.3, -0.25) is 10.1 Å². The molecule has 0 spiro atoms. The zero-order chi connectivity index (χ0) is 17.0. The maximum absolute atomic E-state index is 12.3. The summed E-state index contributed by atoms with van der Waals surface area (Å²) in [5.74, 6) is 2.90. The maximum Gasteiger partial charge on any atom is 0.267 e. The summed E-state index contributed by atoms with van der Waals surface area (Å²) < 4.78 is 0. The second-order valence-electron chi connectivity index (χ2n) is 8.60. The van der Waals surface area contributed by atoms with E-state index in [1.807, 2.05) is 19.1 Å². The molecule has 2 aromatic heterocycles. The molecular weight excluding hydrogens is 348 g/mol. The smallest absolute Gasteiger partial charge is 0.267 e. The van der Waals surface area contributed by atoms with Crippen molar-refractivity contribution >= 4 is 33.7 Å². The van der Waals surface area contributed by atoms with E-state index >= 15 is 0 Å². The Bertz CT molecular complexity index is 771. The highest BCUT2D eigenvalue weighted by Gasteiger charge is 2.50. The van der Waals surface area contributed by atoms with Crippen molar-refractivity contribution in [1.82, 2.24) is 4.98 Å². The molecule has 2 aromatic rings. The van der Waals surface area contributed by atoms with Gasteiger partial charge in [0.05, 0.1) is 10.6 Å². The van der Waals surface area contributed by atoms with Crippen LogP contribution < -0.4 is 5.32 Å². The topological polar surface area (TPSA) is 42.0 Å². The van der Waals surface area contributed by atoms with Crippen LogP contribution in [0.1, 0.15) is 58.8 Å². The number of thiazole rings is 1. The van der Waals surface area contributed by atoms with E-state index in [0.29, 0.717) is 5.41 Å². The predicted octanol–water partition coefficient (Wildman–Crippen LogP) is 5.52. The van der Waals surface area contributed by atoms with Crippen LogP contribution in [-0.4, -0.2) is 10.9 Å². The Balaban J connectivity index is 1.28. The highest BCUT2D eigenvalue weighted by Crippen LogP contribution is 2.61. The Kier molecular flexibility index (Phi) is 3.79. The Labute approximate surface area is 156 Å². The first kappa shape index (κ1) is 16.0. The van der Waals surface area contributed by atoms with Crippen molar-refractivity contribution in [2.24, 2.45) is 23.2 Å². The molecule has 4 aliphatic carbocycles. The molecule has 4 fully saturated rings. The second-order valence-corrected chi connectivity index (χ2v) is 10.7. The van der Waals surface area contributed by atoms with Gasteiger partial charge >= 0.3 is 0 Å². The molecule has 1 amide bonds. The molecule has 4 saturated carbocycles. The van der Waals surface area contributed by atoms with Crippen molar-refractivity contribution in [2.45, 2.75) is 51.9 Å². The summed E-state index contributed by atoms with van der Waals surface area (Å²) in [6, 6.07) is 3.87. The minimum Gasteiger partial charge on any atom is -0.297 e. The third kappa shape index (κ3) is 3.06. The molecule has 0 saturated heterocycles. The van der Waals surface area contributed by atoms with Gasteiger partial charge in [-0.15, -0.1) is 22.7 Å². The molecule has 4 bridgehead atoms. The number of thiophene rings is 1. The van der Waals surface area contributed by atoms with Gasteiger partial charge in [0.25, 0.3) is 5.91 Å². The summed E-state index contributed by atoms with van der Waals surface area (Å²) in [7, 11) is 0. The minimum atomic E-state index is -0.0335. The number of hydrogen-bond donors (Lipinski definition) is 1. The average Bonchev–Trinajstić information content (AvgIpc) is 3.14. The van der Waals surface area contributed by atoms with Crippen molar-refractivity contribution in [3.05, 3.63) is 33.0 Å². The number of nitrogens with zero attached hydrogens (tertiary/aromatic N) is 1. The number of amides is 1. The van der Waals surface area contributed by atoms with Crippen LogP contribution in [-0.2, 0) is 6.42 Å². The van der Waals surface area contributed by atoms with Crippen LogP contribution in [0, 0.1) is 30.1 Å². The summed E-state index contributed by atoms with van der Waals surface area (Å²) in [4.78, 5) is 19.0. The highest BCUT2D eigenvalue weighted by atomic mass is 32.1. The van der Waals surface area contributed by atoms with Crippen LogP contribution in [0.5, 0.6) is 0 Å². The van der Waals surface area contributed by atoms with E-state index in [1.165, 1.54) is 55.6 Å². The lowest BCUT2D eigenvalue weighted by atomic mass is 9.48. The van der Waals surface area contributed by atoms with E-state index in [0.717, 1.165) is 39.1 Å². The lowest BCUT2D eigenvalue weighted by Gasteiger charge is -2.56. The summed E-state index contributed by atoms with van der Waals surface area (Å²) in [6.07, 6.45) is 9.79. The molecule has 0 radical (unpaired) electrons. The lowest BCUT2D eigenvalue weighted by Crippen LogP contribution is -2.47. The number of carbonyl (C=O) groups is 1. The fraction of sp³-hybridized carbons (Fsp3) is 0.600. The van der Waals surface area contributed by atoms with Gasteiger partial charge in [-0.1, -0.05) is 0 Å². The number of rotatable bonds is 4. The summed E-state index contributed by atoms with van der Waals surface area (Å²) in [5, 5.41) is 5.89. The fourth-order valence-corrected chi connectivity index (χ4v) is 7.52. The second kappa shape index (κ2) is 5.92. The number of anilines is 1. The number of aryl methyl sites for hydroxylation is 1. The summed E-state index contributed by atoms with van der Waals surface area (Å²) in [6.45, 7) is 2.02. The minimum absolute atomic E-state index is 0.0335. The first-order valence-corrected chi connectivity index (χ1v) is 11.1. The van der Waals surface area contributed by atoms with Gasteiger partial charge in [-0.05, 0) is 87.2 Å². The van der Waals surface area contributed by atoms with Crippen LogP contribution in [0.3, 0.4) is 0 Å². The van der Waals surface area contributed by atoms with E-state index in [9.17, 15) is 4.79 Å². The molecule has 5 heteroatoms. The standard InChI is InChI=1S/C20H24N2OS2/c1-12-2-3-17(25-12)18(23)22-19-21-16(11-24-19)10-20-7-13-4-14(8-20)6-15(5-13)9-20/h2-3,11,13-15H,4-10H2,1H3,(H,21,22,23). The predicted molar refractivity (Wildman–Crippen MR) is 103 cm³/mol. The number of carbonyl (C=O) groups excluding carboxylic acids is 1. The normalized spacial score (nSPS) is 32.9. The highest BCUT2D eigenvalue weighted by molar-refractivity contribution is 7.15. The third-order valence-electron chi connectivity index (χ3n) is 6.46. The first-order chi connectivity index (χ1) is 12.1. The van der Waals surface area contributed by atoms with E-state index in [1.54, 1.807) is 11.3 Å². The Morgan fingerprint density at radius 1 is 1.20 bits per heavy atom. The van der Waals surface area contributed by atoms with Crippen molar-refractivity contribution in [2.75, 3.05) is 5.32 Å². The molecule has 0 aromatic carbocycles. The number of aromatic nitrogens is 1. The van der Waals surface area contributed by atoms with Gasteiger partial charge in [0, 0.05) is 10.3 Å². The quantitative estimate of drug-likeness (QED) is 0.767. The number of nitrogens with one attached hydrogen (secondary N) is 1. The molecule has 1 N–H and O–H groups in total. The van der Waals surface area contributed by atoms with Crippen molar-refractivity contribution < 1.29 is 4.79 Å². The molecule has 4 aliphatic rings. The summed E-state index contributed by atoms with van der Waals surface area (Å²) >= 11 is 3.10. The Morgan fingerprint density at radius 2 is 1.88 bits per heavy atom. The zero-order valence-electron chi connectivity index (χ0n) is 14.6. The van der Waals surface area contributed by atoms with Crippen LogP contribution >= 0.6 is 22.7 Å². The van der Waals surface area contributed by atoms with E-state index in [-0.39, 0.29) is 5.91 Å². The fourth-order valence-electron chi connectivity index (χ4n) is 6.05. The van der Waals surface area contributed by atoms with Gasteiger partial charge in [0.15, 0.2) is 5.13 Å². The lowest BCUT2D eigenvalue weighted by molar-refractivity contribution is -0.0525. The molecule has 0 unspecified atom stereocenters. The largest absolute Gasteiger partial charge is 0.297 e. The molecule has 2 heterocycles. The van der Waals surface area contributed by atoms with E-state index < -0.39 is 0 Å². The van der Waals surface area contributed by atoms with Crippen molar-refractivity contribution in [3.8, 4) is 0 Å². The van der Waals surface area contributed by atoms with Gasteiger partial charge in [0.1, 0.15) is 0 Å².